The Bertz CT molecular complexity index is 667. The number of carbonyl (C=O) groups is 1. The summed E-state index contributed by atoms with van der Waals surface area (Å²) in [4.78, 5) is 10.4. The van der Waals surface area contributed by atoms with Crippen molar-refractivity contribution in [3.8, 4) is 6.07 Å². The van der Waals surface area contributed by atoms with Gasteiger partial charge in [0.15, 0.2) is 0 Å². The standard InChI is InChI=1S/C12H13FN2O4S/c1-8(6-14)7-15(2)20(18,19)11-5-9(13)3-4-10(11)12(16)17/h3-5,8H,7H2,1-2H3,(H,16,17). The first-order valence-electron chi connectivity index (χ1n) is 5.59. The minimum absolute atomic E-state index is 0.117. The molecule has 6 nitrogen and oxygen atoms in total. The molecule has 0 radical (unpaired) electrons. The van der Waals surface area contributed by atoms with Gasteiger partial charge in [0.1, 0.15) is 5.82 Å². The average Bonchev–Trinajstić information content (AvgIpc) is 2.37. The third-order valence-corrected chi connectivity index (χ3v) is 4.48. The van der Waals surface area contributed by atoms with Crippen LogP contribution >= 0.6 is 0 Å². The van der Waals surface area contributed by atoms with Crippen molar-refractivity contribution in [1.29, 1.82) is 5.26 Å². The van der Waals surface area contributed by atoms with E-state index in [0.29, 0.717) is 6.07 Å². The second-order valence-corrected chi connectivity index (χ2v) is 6.27. The molecular weight excluding hydrogens is 287 g/mol. The zero-order valence-corrected chi connectivity index (χ0v) is 11.7. The molecule has 1 aromatic carbocycles. The predicted molar refractivity (Wildman–Crippen MR) is 68.0 cm³/mol. The van der Waals surface area contributed by atoms with Crippen molar-refractivity contribution in [3.05, 3.63) is 29.6 Å². The van der Waals surface area contributed by atoms with Crippen LogP contribution in [0.25, 0.3) is 0 Å². The first-order chi connectivity index (χ1) is 9.20. The van der Waals surface area contributed by atoms with Gasteiger partial charge in [0.25, 0.3) is 0 Å². The first kappa shape index (κ1) is 16.1. The Morgan fingerprint density at radius 2 is 2.15 bits per heavy atom. The van der Waals surface area contributed by atoms with Gasteiger partial charge in [-0.25, -0.2) is 17.6 Å². The van der Waals surface area contributed by atoms with E-state index in [1.54, 1.807) is 0 Å². The van der Waals surface area contributed by atoms with E-state index >= 15 is 0 Å². The van der Waals surface area contributed by atoms with Gasteiger partial charge in [-0.3, -0.25) is 0 Å². The lowest BCUT2D eigenvalue weighted by Crippen LogP contribution is -2.32. The molecule has 1 unspecified atom stereocenters. The molecule has 0 fully saturated rings. The monoisotopic (exact) mass is 300 g/mol. The molecular formula is C12H13FN2O4S. The van der Waals surface area contributed by atoms with E-state index in [4.69, 9.17) is 10.4 Å². The Morgan fingerprint density at radius 3 is 2.65 bits per heavy atom. The van der Waals surface area contributed by atoms with Gasteiger partial charge in [0.2, 0.25) is 10.0 Å². The fraction of sp³-hybridized carbons (Fsp3) is 0.333. The van der Waals surface area contributed by atoms with Crippen molar-refractivity contribution in [2.75, 3.05) is 13.6 Å². The summed E-state index contributed by atoms with van der Waals surface area (Å²) in [5.41, 5.74) is -0.511. The lowest BCUT2D eigenvalue weighted by Gasteiger charge is -2.19. The van der Waals surface area contributed by atoms with Crippen molar-refractivity contribution in [1.82, 2.24) is 4.31 Å². The second-order valence-electron chi connectivity index (χ2n) is 4.26. The summed E-state index contributed by atoms with van der Waals surface area (Å²) in [7, 11) is -2.97. The molecule has 0 aromatic heterocycles. The summed E-state index contributed by atoms with van der Waals surface area (Å²) in [6.07, 6.45) is 0. The van der Waals surface area contributed by atoms with Crippen molar-refractivity contribution < 1.29 is 22.7 Å². The smallest absolute Gasteiger partial charge is 0.337 e. The highest BCUT2D eigenvalue weighted by Gasteiger charge is 2.28. The maximum atomic E-state index is 13.2. The molecule has 0 spiro atoms. The quantitative estimate of drug-likeness (QED) is 0.883. The third kappa shape index (κ3) is 3.31. The van der Waals surface area contributed by atoms with Crippen LogP contribution in [0.5, 0.6) is 0 Å². The number of benzene rings is 1. The second kappa shape index (κ2) is 5.98. The summed E-state index contributed by atoms with van der Waals surface area (Å²) in [5, 5.41) is 17.7. The number of hydrogen-bond acceptors (Lipinski definition) is 4. The molecule has 20 heavy (non-hydrogen) atoms. The van der Waals surface area contributed by atoms with Crippen LogP contribution in [0.4, 0.5) is 4.39 Å². The minimum atomic E-state index is -4.18. The largest absolute Gasteiger partial charge is 0.478 e. The normalized spacial score (nSPS) is 12.9. The van der Waals surface area contributed by atoms with E-state index < -0.39 is 38.2 Å². The van der Waals surface area contributed by atoms with E-state index in [1.165, 1.54) is 14.0 Å². The number of sulfonamides is 1. The van der Waals surface area contributed by atoms with Gasteiger partial charge in [-0.05, 0) is 25.1 Å². The predicted octanol–water partition coefficient (Wildman–Crippen LogP) is 1.30. The molecule has 0 bridgehead atoms. The van der Waals surface area contributed by atoms with Crippen molar-refractivity contribution in [2.24, 2.45) is 5.92 Å². The molecule has 1 atom stereocenters. The summed E-state index contributed by atoms with van der Waals surface area (Å²) in [6, 6.07) is 4.30. The van der Waals surface area contributed by atoms with Crippen LogP contribution in [0.3, 0.4) is 0 Å². The molecule has 108 valence electrons. The molecule has 1 rings (SSSR count). The molecule has 1 aromatic rings. The Balaban J connectivity index is 3.32. The molecule has 0 aliphatic heterocycles. The molecule has 0 aliphatic rings. The highest BCUT2D eigenvalue weighted by atomic mass is 32.2. The highest BCUT2D eigenvalue weighted by Crippen LogP contribution is 2.21. The summed E-state index contributed by atoms with van der Waals surface area (Å²) < 4.78 is 38.5. The van der Waals surface area contributed by atoms with Gasteiger partial charge in [0.05, 0.1) is 22.4 Å². The average molecular weight is 300 g/mol. The Kier molecular flexibility index (Phi) is 4.81. The van der Waals surface area contributed by atoms with E-state index in [2.05, 4.69) is 0 Å². The summed E-state index contributed by atoms with van der Waals surface area (Å²) in [5.74, 6) is -2.89. The molecule has 0 saturated heterocycles. The van der Waals surface area contributed by atoms with Crippen molar-refractivity contribution in [3.63, 3.8) is 0 Å². The number of carboxylic acids is 1. The minimum Gasteiger partial charge on any atom is -0.478 e. The number of hydrogen-bond donors (Lipinski definition) is 1. The van der Waals surface area contributed by atoms with Gasteiger partial charge < -0.3 is 5.11 Å². The van der Waals surface area contributed by atoms with E-state index in [9.17, 15) is 17.6 Å². The van der Waals surface area contributed by atoms with Crippen LogP contribution in [-0.4, -0.2) is 37.4 Å². The molecule has 0 saturated carbocycles. The van der Waals surface area contributed by atoms with Crippen LogP contribution in [0, 0.1) is 23.1 Å². The molecule has 0 aliphatic carbocycles. The third-order valence-electron chi connectivity index (χ3n) is 2.61. The van der Waals surface area contributed by atoms with Crippen LogP contribution in [0.1, 0.15) is 17.3 Å². The van der Waals surface area contributed by atoms with E-state index in [1.807, 2.05) is 6.07 Å². The number of rotatable bonds is 5. The van der Waals surface area contributed by atoms with Crippen LogP contribution in [0.15, 0.2) is 23.1 Å². The van der Waals surface area contributed by atoms with E-state index in [-0.39, 0.29) is 6.54 Å². The van der Waals surface area contributed by atoms with Crippen molar-refractivity contribution >= 4 is 16.0 Å². The Morgan fingerprint density at radius 1 is 1.55 bits per heavy atom. The molecule has 0 heterocycles. The maximum absolute atomic E-state index is 13.2. The van der Waals surface area contributed by atoms with Crippen molar-refractivity contribution in [2.45, 2.75) is 11.8 Å². The summed E-state index contributed by atoms with van der Waals surface area (Å²) >= 11 is 0. The number of nitrogens with zero attached hydrogens (tertiary/aromatic N) is 2. The van der Waals surface area contributed by atoms with Crippen LogP contribution in [-0.2, 0) is 10.0 Å². The fourth-order valence-electron chi connectivity index (χ4n) is 1.58. The maximum Gasteiger partial charge on any atom is 0.337 e. The van der Waals surface area contributed by atoms with Gasteiger partial charge >= 0.3 is 5.97 Å². The fourth-order valence-corrected chi connectivity index (χ4v) is 3.03. The number of halogens is 1. The highest BCUT2D eigenvalue weighted by molar-refractivity contribution is 7.89. The van der Waals surface area contributed by atoms with Gasteiger partial charge in [-0.15, -0.1) is 0 Å². The number of aromatic carboxylic acids is 1. The first-order valence-corrected chi connectivity index (χ1v) is 7.03. The zero-order valence-electron chi connectivity index (χ0n) is 10.9. The van der Waals surface area contributed by atoms with Crippen LogP contribution in [0.2, 0.25) is 0 Å². The topological polar surface area (TPSA) is 98.5 Å². The SMILES string of the molecule is CC(C#N)CN(C)S(=O)(=O)c1cc(F)ccc1C(=O)O. The molecule has 0 amide bonds. The lowest BCUT2D eigenvalue weighted by molar-refractivity contribution is 0.0692. The van der Waals surface area contributed by atoms with Crippen LogP contribution < -0.4 is 0 Å². The lowest BCUT2D eigenvalue weighted by atomic mass is 10.2. The number of nitriles is 1. The Labute approximate surface area is 116 Å². The summed E-state index contributed by atoms with van der Waals surface area (Å²) in [6.45, 7) is 1.41. The zero-order chi connectivity index (χ0) is 15.5. The number of carboxylic acid groups (broad SMARTS) is 1. The molecule has 8 heteroatoms. The Hall–Kier alpha value is -1.98. The van der Waals surface area contributed by atoms with Gasteiger partial charge in [0, 0.05) is 13.6 Å². The molecule has 1 N–H and O–H groups in total. The van der Waals surface area contributed by atoms with Gasteiger partial charge in [-0.1, -0.05) is 0 Å². The van der Waals surface area contributed by atoms with E-state index in [0.717, 1.165) is 16.4 Å². The van der Waals surface area contributed by atoms with Gasteiger partial charge in [-0.2, -0.15) is 9.57 Å².